The topological polar surface area (TPSA) is 63.1 Å². The van der Waals surface area contributed by atoms with Gasteiger partial charge in [-0.05, 0) is 23.8 Å². The summed E-state index contributed by atoms with van der Waals surface area (Å²) in [6.07, 6.45) is 1.80. The second-order valence-electron chi connectivity index (χ2n) is 6.13. The largest absolute Gasteiger partial charge is 0.378 e. The van der Waals surface area contributed by atoms with Crippen molar-refractivity contribution in [3.05, 3.63) is 62.2 Å². The summed E-state index contributed by atoms with van der Waals surface area (Å²) < 4.78 is 7.42. The van der Waals surface area contributed by atoms with Gasteiger partial charge in [0, 0.05) is 18.1 Å². The predicted molar refractivity (Wildman–Crippen MR) is 105 cm³/mol. The average molecular weight is 389 g/mol. The number of hydrogen-bond acceptors (Lipinski definition) is 5. The molecule has 1 aromatic carbocycles. The molecule has 26 heavy (non-hydrogen) atoms. The summed E-state index contributed by atoms with van der Waals surface area (Å²) in [6.45, 7) is 3.38. The maximum Gasteiger partial charge on any atom is 0.327 e. The molecule has 8 heteroatoms. The van der Waals surface area contributed by atoms with E-state index in [-0.39, 0.29) is 5.69 Å². The Balaban J connectivity index is 1.83. The summed E-state index contributed by atoms with van der Waals surface area (Å²) in [5.41, 5.74) is 3.02. The molecule has 0 atom stereocenters. The number of fused-ring (bicyclic) bond motifs is 1. The number of benzene rings is 1. The molecule has 0 radical (unpaired) electrons. The van der Waals surface area contributed by atoms with Gasteiger partial charge in [-0.3, -0.25) is 9.55 Å². The third-order valence-electron chi connectivity index (χ3n) is 4.45. The number of nitrogens with zero attached hydrogens (tertiary/aromatic N) is 3. The SMILES string of the molecule is O=c1[nH]c(=S)c2ncc(N3CCOCC3)cc2n1Cc1ccc(Cl)cc1. The maximum absolute atomic E-state index is 12.6. The van der Waals surface area contributed by atoms with Crippen LogP contribution in [0.15, 0.2) is 41.3 Å². The van der Waals surface area contributed by atoms with Gasteiger partial charge >= 0.3 is 5.69 Å². The van der Waals surface area contributed by atoms with Crippen LogP contribution in [0.4, 0.5) is 5.69 Å². The van der Waals surface area contributed by atoms with Gasteiger partial charge in [0.25, 0.3) is 0 Å². The molecule has 0 amide bonds. The first kappa shape index (κ1) is 17.2. The van der Waals surface area contributed by atoms with Gasteiger partial charge < -0.3 is 9.64 Å². The number of nitrogens with one attached hydrogen (secondary N) is 1. The highest BCUT2D eigenvalue weighted by molar-refractivity contribution is 7.71. The minimum Gasteiger partial charge on any atom is -0.378 e. The smallest absolute Gasteiger partial charge is 0.327 e. The Kier molecular flexibility index (Phi) is 4.76. The minimum absolute atomic E-state index is 0.252. The van der Waals surface area contributed by atoms with Crippen LogP contribution < -0.4 is 10.6 Å². The summed E-state index contributed by atoms with van der Waals surface area (Å²) >= 11 is 11.3. The standard InChI is InChI=1S/C18H17ClN4O2S/c19-13-3-1-12(2-4-13)11-23-15-9-14(22-5-7-25-8-6-22)10-20-16(15)17(26)21-18(23)24/h1-4,9-10H,5-8,11H2,(H,21,24,26). The zero-order valence-electron chi connectivity index (χ0n) is 13.9. The molecule has 134 valence electrons. The Labute approximate surface area is 160 Å². The number of H-pyrrole nitrogens is 1. The molecule has 1 N–H and O–H groups in total. The number of pyridine rings is 1. The first-order chi connectivity index (χ1) is 12.6. The molecule has 1 saturated heterocycles. The number of anilines is 1. The van der Waals surface area contributed by atoms with Gasteiger partial charge in [0.15, 0.2) is 0 Å². The minimum atomic E-state index is -0.252. The van der Waals surface area contributed by atoms with Crippen LogP contribution in [0.1, 0.15) is 5.56 Å². The molecular formula is C18H17ClN4O2S. The van der Waals surface area contributed by atoms with Crippen LogP contribution in [-0.2, 0) is 11.3 Å². The van der Waals surface area contributed by atoms with Crippen molar-refractivity contribution in [2.45, 2.75) is 6.54 Å². The van der Waals surface area contributed by atoms with Gasteiger partial charge in [-0.15, -0.1) is 0 Å². The third-order valence-corrected chi connectivity index (χ3v) is 5.00. The van der Waals surface area contributed by atoms with E-state index in [4.69, 9.17) is 28.6 Å². The van der Waals surface area contributed by atoms with Crippen LogP contribution in [0.25, 0.3) is 11.0 Å². The van der Waals surface area contributed by atoms with Crippen LogP contribution in [-0.4, -0.2) is 40.8 Å². The number of aromatic amines is 1. The monoisotopic (exact) mass is 388 g/mol. The molecular weight excluding hydrogens is 372 g/mol. The van der Waals surface area contributed by atoms with E-state index in [0.29, 0.717) is 34.9 Å². The van der Waals surface area contributed by atoms with Crippen molar-refractivity contribution in [2.24, 2.45) is 0 Å². The summed E-state index contributed by atoms with van der Waals surface area (Å²) in [5, 5.41) is 0.662. The lowest BCUT2D eigenvalue weighted by molar-refractivity contribution is 0.122. The number of halogens is 1. The molecule has 0 bridgehead atoms. The Morgan fingerprint density at radius 1 is 1.23 bits per heavy atom. The van der Waals surface area contributed by atoms with Crippen LogP contribution in [0, 0.1) is 4.64 Å². The first-order valence-electron chi connectivity index (χ1n) is 8.32. The normalized spacial score (nSPS) is 14.7. The summed E-state index contributed by atoms with van der Waals surface area (Å²) in [6, 6.07) is 9.41. The number of aromatic nitrogens is 3. The van der Waals surface area contributed by atoms with Gasteiger partial charge in [-0.1, -0.05) is 36.0 Å². The average Bonchev–Trinajstić information content (AvgIpc) is 2.67. The Morgan fingerprint density at radius 3 is 2.69 bits per heavy atom. The van der Waals surface area contributed by atoms with Crippen molar-refractivity contribution in [3.8, 4) is 0 Å². The van der Waals surface area contributed by atoms with Crippen LogP contribution in [0.2, 0.25) is 5.02 Å². The Hall–Kier alpha value is -2.22. The summed E-state index contributed by atoms with van der Waals surface area (Å²) in [7, 11) is 0. The van der Waals surface area contributed by atoms with E-state index in [2.05, 4.69) is 14.9 Å². The molecule has 0 unspecified atom stereocenters. The highest BCUT2D eigenvalue weighted by Crippen LogP contribution is 2.21. The van der Waals surface area contributed by atoms with E-state index < -0.39 is 0 Å². The van der Waals surface area contributed by atoms with Crippen LogP contribution >= 0.6 is 23.8 Å². The molecule has 0 spiro atoms. The summed E-state index contributed by atoms with van der Waals surface area (Å²) in [4.78, 5) is 22.0. The number of morpholine rings is 1. The van der Waals surface area contributed by atoms with Crippen molar-refractivity contribution in [1.29, 1.82) is 0 Å². The Bertz CT molecular complexity index is 1060. The molecule has 1 aliphatic heterocycles. The van der Waals surface area contributed by atoms with E-state index in [1.54, 1.807) is 10.8 Å². The van der Waals surface area contributed by atoms with Crippen molar-refractivity contribution >= 4 is 40.5 Å². The van der Waals surface area contributed by atoms with Gasteiger partial charge in [0.1, 0.15) is 10.2 Å². The van der Waals surface area contributed by atoms with E-state index in [1.807, 2.05) is 30.3 Å². The van der Waals surface area contributed by atoms with Gasteiger partial charge in [0.05, 0.1) is 37.2 Å². The van der Waals surface area contributed by atoms with Crippen molar-refractivity contribution < 1.29 is 4.74 Å². The number of ether oxygens (including phenoxy) is 1. The van der Waals surface area contributed by atoms with Gasteiger partial charge in [-0.2, -0.15) is 0 Å². The fraction of sp³-hybridized carbons (Fsp3) is 0.278. The Morgan fingerprint density at radius 2 is 1.96 bits per heavy atom. The molecule has 4 rings (SSSR count). The molecule has 2 aromatic heterocycles. The maximum atomic E-state index is 12.6. The molecule has 1 fully saturated rings. The van der Waals surface area contributed by atoms with Crippen LogP contribution in [0.5, 0.6) is 0 Å². The van der Waals surface area contributed by atoms with Crippen molar-refractivity contribution in [3.63, 3.8) is 0 Å². The molecule has 3 heterocycles. The first-order valence-corrected chi connectivity index (χ1v) is 9.10. The lowest BCUT2D eigenvalue weighted by Crippen LogP contribution is -2.36. The summed E-state index contributed by atoms with van der Waals surface area (Å²) in [5.74, 6) is 0. The van der Waals surface area contributed by atoms with Gasteiger partial charge in [-0.25, -0.2) is 9.78 Å². The lowest BCUT2D eigenvalue weighted by Gasteiger charge is -2.28. The van der Waals surface area contributed by atoms with Crippen LogP contribution in [0.3, 0.4) is 0 Å². The third kappa shape index (κ3) is 3.38. The molecule has 0 aliphatic carbocycles. The highest BCUT2D eigenvalue weighted by atomic mass is 35.5. The molecule has 3 aromatic rings. The van der Waals surface area contributed by atoms with Crippen molar-refractivity contribution in [1.82, 2.24) is 14.5 Å². The molecule has 1 aliphatic rings. The van der Waals surface area contributed by atoms with E-state index in [1.165, 1.54) is 0 Å². The highest BCUT2D eigenvalue weighted by Gasteiger charge is 2.14. The zero-order valence-corrected chi connectivity index (χ0v) is 15.5. The number of hydrogen-bond donors (Lipinski definition) is 1. The predicted octanol–water partition coefficient (Wildman–Crippen LogP) is 2.99. The zero-order chi connectivity index (χ0) is 18.1. The second-order valence-corrected chi connectivity index (χ2v) is 6.98. The second kappa shape index (κ2) is 7.19. The molecule has 0 saturated carbocycles. The fourth-order valence-electron chi connectivity index (χ4n) is 3.08. The van der Waals surface area contributed by atoms with E-state index in [0.717, 1.165) is 29.9 Å². The van der Waals surface area contributed by atoms with E-state index in [9.17, 15) is 4.79 Å². The quantitative estimate of drug-likeness (QED) is 0.699. The van der Waals surface area contributed by atoms with Gasteiger partial charge in [0.2, 0.25) is 0 Å². The number of rotatable bonds is 3. The van der Waals surface area contributed by atoms with E-state index >= 15 is 0 Å². The molecule has 6 nitrogen and oxygen atoms in total. The van der Waals surface area contributed by atoms with Crippen molar-refractivity contribution in [2.75, 3.05) is 31.2 Å². The lowest BCUT2D eigenvalue weighted by atomic mass is 10.2. The fourth-order valence-corrected chi connectivity index (χ4v) is 3.45.